The highest BCUT2D eigenvalue weighted by atomic mass is 35.5. The third kappa shape index (κ3) is 6.24. The Hall–Kier alpha value is -3.09. The van der Waals surface area contributed by atoms with E-state index in [0.717, 1.165) is 22.5 Å². The summed E-state index contributed by atoms with van der Waals surface area (Å²) in [6.45, 7) is 6.45. The molecule has 3 aromatic rings. The first-order chi connectivity index (χ1) is 15.7. The highest BCUT2D eigenvalue weighted by molar-refractivity contribution is 6.39. The molecule has 0 aliphatic heterocycles. The summed E-state index contributed by atoms with van der Waals surface area (Å²) in [5.74, 6) is -0.701. The first-order valence-electron chi connectivity index (χ1n) is 10.4. The normalized spacial score (nSPS) is 11.1. The molecule has 6 nitrogen and oxygen atoms in total. The molecule has 0 unspecified atom stereocenters. The number of halogens is 2. The molecule has 1 N–H and O–H groups in total. The SMILES string of the molecule is Cc1ccc(Cn2nc(C)c(/C=C/C(=O)N(C)CC(=O)Nc3c(Cl)cccc3Cl)c2C)cc1. The molecule has 1 heterocycles. The summed E-state index contributed by atoms with van der Waals surface area (Å²) in [5, 5.41) is 7.93. The molecule has 3 rings (SSSR count). The number of anilines is 1. The number of rotatable bonds is 7. The minimum absolute atomic E-state index is 0.143. The number of nitrogens with one attached hydrogen (secondary N) is 1. The summed E-state index contributed by atoms with van der Waals surface area (Å²) in [6, 6.07) is 13.3. The Morgan fingerprint density at radius 2 is 1.70 bits per heavy atom. The van der Waals surface area contributed by atoms with Gasteiger partial charge in [-0.05, 0) is 44.5 Å². The Morgan fingerprint density at radius 3 is 2.33 bits per heavy atom. The van der Waals surface area contributed by atoms with E-state index >= 15 is 0 Å². The van der Waals surface area contributed by atoms with E-state index in [4.69, 9.17) is 23.2 Å². The zero-order chi connectivity index (χ0) is 24.1. The lowest BCUT2D eigenvalue weighted by Gasteiger charge is -2.16. The lowest BCUT2D eigenvalue weighted by atomic mass is 10.1. The summed E-state index contributed by atoms with van der Waals surface area (Å²) in [4.78, 5) is 26.2. The van der Waals surface area contributed by atoms with Gasteiger partial charge in [-0.3, -0.25) is 14.3 Å². The Morgan fingerprint density at radius 1 is 1.06 bits per heavy atom. The molecule has 0 atom stereocenters. The highest BCUT2D eigenvalue weighted by Crippen LogP contribution is 2.29. The number of aryl methyl sites for hydroxylation is 2. The quantitative estimate of drug-likeness (QED) is 0.464. The van der Waals surface area contributed by atoms with E-state index in [9.17, 15) is 9.59 Å². The van der Waals surface area contributed by atoms with E-state index in [0.29, 0.717) is 22.3 Å². The van der Waals surface area contributed by atoms with Gasteiger partial charge in [0, 0.05) is 24.4 Å². The molecule has 2 amide bonds. The summed E-state index contributed by atoms with van der Waals surface area (Å²) in [7, 11) is 1.56. The lowest BCUT2D eigenvalue weighted by Crippen LogP contribution is -2.34. The van der Waals surface area contributed by atoms with Crippen molar-refractivity contribution in [3.63, 3.8) is 0 Å². The lowest BCUT2D eigenvalue weighted by molar-refractivity contribution is -0.129. The van der Waals surface area contributed by atoms with Crippen LogP contribution in [0.2, 0.25) is 10.0 Å². The Balaban J connectivity index is 1.64. The number of likely N-dealkylation sites (N-methyl/N-ethyl adjacent to an activating group) is 1. The Labute approximate surface area is 203 Å². The first kappa shape index (κ1) is 24.6. The van der Waals surface area contributed by atoms with Gasteiger partial charge in [-0.15, -0.1) is 0 Å². The number of para-hydroxylation sites is 1. The Kier molecular flexibility index (Phi) is 7.95. The zero-order valence-corrected chi connectivity index (χ0v) is 20.5. The van der Waals surface area contributed by atoms with E-state index in [2.05, 4.69) is 41.6 Å². The summed E-state index contributed by atoms with van der Waals surface area (Å²) >= 11 is 12.2. The molecule has 0 bridgehead atoms. The molecule has 0 aliphatic rings. The summed E-state index contributed by atoms with van der Waals surface area (Å²) in [5.41, 5.74) is 5.37. The maximum absolute atomic E-state index is 12.6. The van der Waals surface area contributed by atoms with Gasteiger partial charge in [-0.1, -0.05) is 59.1 Å². The van der Waals surface area contributed by atoms with Crippen molar-refractivity contribution in [2.75, 3.05) is 18.9 Å². The second-order valence-electron chi connectivity index (χ2n) is 7.90. The summed E-state index contributed by atoms with van der Waals surface area (Å²) < 4.78 is 1.93. The number of amides is 2. The van der Waals surface area contributed by atoms with Crippen LogP contribution in [0, 0.1) is 20.8 Å². The van der Waals surface area contributed by atoms with Gasteiger partial charge in [-0.25, -0.2) is 0 Å². The molecule has 8 heteroatoms. The van der Waals surface area contributed by atoms with E-state index in [-0.39, 0.29) is 12.5 Å². The summed E-state index contributed by atoms with van der Waals surface area (Å²) in [6.07, 6.45) is 3.19. The van der Waals surface area contributed by atoms with Crippen molar-refractivity contribution in [2.24, 2.45) is 0 Å². The van der Waals surface area contributed by atoms with Crippen LogP contribution in [-0.2, 0) is 16.1 Å². The largest absolute Gasteiger partial charge is 0.333 e. The van der Waals surface area contributed by atoms with Crippen LogP contribution in [-0.4, -0.2) is 40.1 Å². The van der Waals surface area contributed by atoms with Crippen molar-refractivity contribution in [1.29, 1.82) is 0 Å². The van der Waals surface area contributed by atoms with Gasteiger partial charge in [0.2, 0.25) is 11.8 Å². The predicted molar refractivity (Wildman–Crippen MR) is 134 cm³/mol. The van der Waals surface area contributed by atoms with Crippen molar-refractivity contribution in [2.45, 2.75) is 27.3 Å². The third-order valence-corrected chi connectivity index (χ3v) is 5.90. The van der Waals surface area contributed by atoms with E-state index in [1.54, 1.807) is 31.3 Å². The van der Waals surface area contributed by atoms with Crippen LogP contribution in [0.25, 0.3) is 6.08 Å². The number of carbonyl (C=O) groups excluding carboxylic acids is 2. The second-order valence-corrected chi connectivity index (χ2v) is 8.71. The van der Waals surface area contributed by atoms with Gasteiger partial charge < -0.3 is 10.2 Å². The van der Waals surface area contributed by atoms with Gasteiger partial charge in [-0.2, -0.15) is 5.10 Å². The van der Waals surface area contributed by atoms with Gasteiger partial charge in [0.05, 0.1) is 34.5 Å². The number of nitrogens with zero attached hydrogens (tertiary/aromatic N) is 3. The molecule has 0 spiro atoms. The fourth-order valence-corrected chi connectivity index (χ4v) is 3.84. The number of hydrogen-bond acceptors (Lipinski definition) is 3. The van der Waals surface area contributed by atoms with Crippen LogP contribution in [0.1, 0.15) is 28.1 Å². The molecule has 0 saturated heterocycles. The number of aromatic nitrogens is 2. The monoisotopic (exact) mass is 484 g/mol. The van der Waals surface area contributed by atoms with Gasteiger partial charge in [0.25, 0.3) is 0 Å². The smallest absolute Gasteiger partial charge is 0.246 e. The maximum Gasteiger partial charge on any atom is 0.246 e. The van der Waals surface area contributed by atoms with Gasteiger partial charge in [0.1, 0.15) is 0 Å². The maximum atomic E-state index is 12.6. The van der Waals surface area contributed by atoms with Crippen molar-refractivity contribution in [3.8, 4) is 0 Å². The molecule has 1 aromatic heterocycles. The predicted octanol–water partition coefficient (Wildman–Crippen LogP) is 5.27. The standard InChI is InChI=1S/C25H26Cl2N4O2/c1-16-8-10-19(11-9-16)14-31-18(3)20(17(2)29-31)12-13-24(33)30(4)15-23(32)28-25-21(26)6-5-7-22(25)27/h5-13H,14-15H2,1-4H3,(H,28,32)/b13-12+. The molecule has 0 aliphatic carbocycles. The van der Waals surface area contributed by atoms with Crippen LogP contribution >= 0.6 is 23.2 Å². The second kappa shape index (κ2) is 10.7. The molecule has 2 aromatic carbocycles. The topological polar surface area (TPSA) is 67.2 Å². The number of carbonyl (C=O) groups is 2. The minimum atomic E-state index is -0.396. The average Bonchev–Trinajstić information content (AvgIpc) is 3.03. The zero-order valence-electron chi connectivity index (χ0n) is 19.0. The minimum Gasteiger partial charge on any atom is -0.333 e. The van der Waals surface area contributed by atoms with E-state index in [1.807, 2.05) is 18.5 Å². The van der Waals surface area contributed by atoms with Crippen molar-refractivity contribution < 1.29 is 9.59 Å². The molecule has 33 heavy (non-hydrogen) atoms. The fraction of sp³-hybridized carbons (Fsp3) is 0.240. The van der Waals surface area contributed by atoms with E-state index < -0.39 is 5.91 Å². The van der Waals surface area contributed by atoms with Crippen LogP contribution < -0.4 is 5.32 Å². The van der Waals surface area contributed by atoms with Crippen molar-refractivity contribution in [1.82, 2.24) is 14.7 Å². The van der Waals surface area contributed by atoms with Crippen LogP contribution in [0.15, 0.2) is 48.5 Å². The Bertz CT molecular complexity index is 1180. The molecular weight excluding hydrogens is 459 g/mol. The highest BCUT2D eigenvalue weighted by Gasteiger charge is 2.15. The molecule has 172 valence electrons. The third-order valence-electron chi connectivity index (χ3n) is 5.27. The molecular formula is C25H26Cl2N4O2. The number of benzene rings is 2. The van der Waals surface area contributed by atoms with Crippen molar-refractivity contribution >= 4 is 46.8 Å². The average molecular weight is 485 g/mol. The molecule has 0 saturated carbocycles. The first-order valence-corrected chi connectivity index (χ1v) is 11.2. The van der Waals surface area contributed by atoms with Crippen molar-refractivity contribution in [3.05, 3.63) is 86.7 Å². The van der Waals surface area contributed by atoms with E-state index in [1.165, 1.54) is 16.5 Å². The molecule has 0 fully saturated rings. The number of hydrogen-bond donors (Lipinski definition) is 1. The van der Waals surface area contributed by atoms with Gasteiger partial charge in [0.15, 0.2) is 0 Å². The van der Waals surface area contributed by atoms with Crippen LogP contribution in [0.4, 0.5) is 5.69 Å². The molecule has 0 radical (unpaired) electrons. The fourth-order valence-electron chi connectivity index (χ4n) is 3.34. The van der Waals surface area contributed by atoms with Crippen LogP contribution in [0.5, 0.6) is 0 Å². The van der Waals surface area contributed by atoms with Crippen LogP contribution in [0.3, 0.4) is 0 Å². The van der Waals surface area contributed by atoms with Gasteiger partial charge >= 0.3 is 0 Å².